The van der Waals surface area contributed by atoms with Gasteiger partial charge in [0, 0.05) is 19.2 Å². The molecule has 1 aromatic rings. The molecule has 1 rings (SSSR count). The van der Waals surface area contributed by atoms with Crippen LogP contribution in [0.3, 0.4) is 0 Å². The van der Waals surface area contributed by atoms with Gasteiger partial charge in [-0.1, -0.05) is 0 Å². The van der Waals surface area contributed by atoms with E-state index in [0.29, 0.717) is 0 Å². The van der Waals surface area contributed by atoms with Crippen molar-refractivity contribution in [2.75, 3.05) is 25.9 Å². The molecule has 0 saturated heterocycles. The van der Waals surface area contributed by atoms with E-state index in [2.05, 4.69) is 20.9 Å². The quantitative estimate of drug-likeness (QED) is 0.348. The summed E-state index contributed by atoms with van der Waals surface area (Å²) in [5.41, 5.74) is -0.438. The normalized spacial score (nSPS) is 10.4. The summed E-state index contributed by atoms with van der Waals surface area (Å²) < 4.78 is 23.3. The highest BCUT2D eigenvalue weighted by Crippen LogP contribution is 2.13. The van der Waals surface area contributed by atoms with Crippen molar-refractivity contribution >= 4 is 33.5 Å². The Balaban J connectivity index is 2.53. The number of sulfone groups is 1. The average molecular weight is 411 g/mol. The molecule has 0 aliphatic rings. The number of carbonyl (C=O) groups is 4. The van der Waals surface area contributed by atoms with Crippen LogP contribution in [0.15, 0.2) is 17.2 Å². The van der Waals surface area contributed by atoms with Gasteiger partial charge in [0.2, 0.25) is 11.8 Å². The van der Waals surface area contributed by atoms with Crippen LogP contribution in [0.5, 0.6) is 0 Å². The summed E-state index contributed by atoms with van der Waals surface area (Å²) in [4.78, 5) is 48.8. The number of nitriles is 1. The molecule has 0 aromatic carbocycles. The third-order valence-electron chi connectivity index (χ3n) is 3.09. The van der Waals surface area contributed by atoms with Crippen molar-refractivity contribution in [2.45, 2.75) is 11.4 Å². The highest BCUT2D eigenvalue weighted by molar-refractivity contribution is 7.90. The Morgan fingerprint density at radius 1 is 1.11 bits per heavy atom. The predicted molar refractivity (Wildman–Crippen MR) is 92.7 cm³/mol. The average Bonchev–Trinajstić information content (AvgIpc) is 2.63. The predicted octanol–water partition coefficient (Wildman–Crippen LogP) is -2.21. The molecule has 0 atom stereocenters. The second kappa shape index (κ2) is 9.97. The van der Waals surface area contributed by atoms with Crippen LogP contribution in [0.2, 0.25) is 0 Å². The van der Waals surface area contributed by atoms with E-state index in [4.69, 9.17) is 10.4 Å². The first-order chi connectivity index (χ1) is 13.0. The van der Waals surface area contributed by atoms with Crippen molar-refractivity contribution in [1.82, 2.24) is 20.9 Å². The van der Waals surface area contributed by atoms with Gasteiger partial charge >= 0.3 is 5.97 Å². The van der Waals surface area contributed by atoms with E-state index in [0.717, 1.165) is 12.3 Å². The fraction of sp³-hybridized carbons (Fsp3) is 0.333. The second-order valence-electron chi connectivity index (χ2n) is 5.39. The van der Waals surface area contributed by atoms with Crippen LogP contribution in [-0.4, -0.2) is 68.1 Å². The molecule has 0 aliphatic carbocycles. The Kier molecular flexibility index (Phi) is 8.02. The topological polar surface area (TPSA) is 195 Å². The van der Waals surface area contributed by atoms with Crippen LogP contribution < -0.4 is 16.0 Å². The lowest BCUT2D eigenvalue weighted by atomic mass is 10.2. The molecule has 13 heteroatoms. The molecule has 0 spiro atoms. The maximum atomic E-state index is 12.0. The number of aliphatic carboxylic acids is 1. The van der Waals surface area contributed by atoms with Gasteiger partial charge in [0.15, 0.2) is 14.9 Å². The van der Waals surface area contributed by atoms with E-state index in [1.54, 1.807) is 6.07 Å². The Hall–Kier alpha value is -3.53. The van der Waals surface area contributed by atoms with Crippen LogP contribution in [0.25, 0.3) is 0 Å². The molecule has 0 bridgehead atoms. The SMILES string of the molecule is CS(=O)(=O)c1nc(C(=O)NCCC(=O)NCC(=O)NCC(=O)O)ccc1C#N. The number of rotatable bonds is 9. The smallest absolute Gasteiger partial charge is 0.322 e. The van der Waals surface area contributed by atoms with Crippen LogP contribution >= 0.6 is 0 Å². The Morgan fingerprint density at radius 2 is 1.75 bits per heavy atom. The third kappa shape index (κ3) is 7.38. The first kappa shape index (κ1) is 22.5. The van der Waals surface area contributed by atoms with E-state index in [-0.39, 0.29) is 24.2 Å². The Morgan fingerprint density at radius 3 is 2.32 bits per heavy atom. The minimum absolute atomic E-state index is 0.128. The monoisotopic (exact) mass is 411 g/mol. The van der Waals surface area contributed by atoms with Gasteiger partial charge in [0.05, 0.1) is 12.1 Å². The van der Waals surface area contributed by atoms with Gasteiger partial charge in [0.1, 0.15) is 18.3 Å². The minimum atomic E-state index is -3.81. The van der Waals surface area contributed by atoms with Gasteiger partial charge in [0.25, 0.3) is 5.91 Å². The lowest BCUT2D eigenvalue weighted by Gasteiger charge is -2.08. The van der Waals surface area contributed by atoms with E-state index in [9.17, 15) is 27.6 Å². The number of hydrogen-bond acceptors (Lipinski definition) is 8. The lowest BCUT2D eigenvalue weighted by molar-refractivity contribution is -0.137. The summed E-state index contributed by atoms with van der Waals surface area (Å²) in [6, 6.07) is 4.00. The summed E-state index contributed by atoms with van der Waals surface area (Å²) in [5.74, 6) is -3.23. The number of carboxylic acid groups (broad SMARTS) is 1. The summed E-state index contributed by atoms with van der Waals surface area (Å²) in [6.07, 6.45) is 0.669. The third-order valence-corrected chi connectivity index (χ3v) is 4.10. The zero-order valence-corrected chi connectivity index (χ0v) is 15.5. The van der Waals surface area contributed by atoms with Crippen molar-refractivity contribution in [3.05, 3.63) is 23.4 Å². The van der Waals surface area contributed by atoms with E-state index in [1.807, 2.05) is 0 Å². The number of carbonyl (C=O) groups excluding carboxylic acids is 3. The number of aromatic nitrogens is 1. The molecule has 0 aliphatic heterocycles. The number of amides is 3. The van der Waals surface area contributed by atoms with E-state index < -0.39 is 51.6 Å². The Bertz CT molecular complexity index is 937. The van der Waals surface area contributed by atoms with Crippen molar-refractivity contribution < 1.29 is 32.7 Å². The largest absolute Gasteiger partial charge is 0.480 e. The number of nitrogens with zero attached hydrogens (tertiary/aromatic N) is 2. The van der Waals surface area contributed by atoms with Crippen LogP contribution in [-0.2, 0) is 24.2 Å². The van der Waals surface area contributed by atoms with Gasteiger partial charge in [-0.05, 0) is 12.1 Å². The van der Waals surface area contributed by atoms with E-state index >= 15 is 0 Å². The minimum Gasteiger partial charge on any atom is -0.480 e. The van der Waals surface area contributed by atoms with Crippen molar-refractivity contribution in [3.8, 4) is 6.07 Å². The molecule has 1 heterocycles. The first-order valence-electron chi connectivity index (χ1n) is 7.69. The Labute approximate surface area is 159 Å². The van der Waals surface area contributed by atoms with E-state index in [1.165, 1.54) is 6.07 Å². The van der Waals surface area contributed by atoms with Crippen LogP contribution in [0.4, 0.5) is 0 Å². The number of pyridine rings is 1. The summed E-state index contributed by atoms with van der Waals surface area (Å²) in [5, 5.41) is 23.4. The van der Waals surface area contributed by atoms with Crippen LogP contribution in [0, 0.1) is 11.3 Å². The molecule has 1 aromatic heterocycles. The molecule has 4 N–H and O–H groups in total. The molecule has 150 valence electrons. The van der Waals surface area contributed by atoms with Gasteiger partial charge in [-0.15, -0.1) is 0 Å². The summed E-state index contributed by atoms with van der Waals surface area (Å²) in [7, 11) is -3.81. The number of hydrogen-bond donors (Lipinski definition) is 4. The molecule has 3 amide bonds. The molecule has 0 unspecified atom stereocenters. The van der Waals surface area contributed by atoms with Crippen molar-refractivity contribution in [2.24, 2.45) is 0 Å². The lowest BCUT2D eigenvalue weighted by Crippen LogP contribution is -2.40. The van der Waals surface area contributed by atoms with Crippen LogP contribution in [0.1, 0.15) is 22.5 Å². The van der Waals surface area contributed by atoms with Gasteiger partial charge < -0.3 is 21.1 Å². The number of nitrogens with one attached hydrogen (secondary N) is 3. The van der Waals surface area contributed by atoms with Gasteiger partial charge in [-0.3, -0.25) is 19.2 Å². The fourth-order valence-corrected chi connectivity index (χ4v) is 2.60. The fourth-order valence-electron chi connectivity index (χ4n) is 1.82. The molecule has 12 nitrogen and oxygen atoms in total. The molecule has 0 radical (unpaired) electrons. The molecular weight excluding hydrogens is 394 g/mol. The maximum Gasteiger partial charge on any atom is 0.322 e. The highest BCUT2D eigenvalue weighted by Gasteiger charge is 2.18. The standard InChI is InChI=1S/C15H17N5O7S/c1-28(26,27)15-9(6-16)2-3-10(20-15)14(25)17-5-4-11(21)18-7-12(22)19-8-13(23)24/h2-3H,4-5,7-8H2,1H3,(H,17,25)(H,18,21)(H,19,22)(H,23,24). The summed E-state index contributed by atoms with van der Waals surface area (Å²) in [6.45, 7) is -1.12. The number of carboxylic acids is 1. The zero-order valence-electron chi connectivity index (χ0n) is 14.7. The maximum absolute atomic E-state index is 12.0. The zero-order chi connectivity index (χ0) is 21.3. The molecule has 0 fully saturated rings. The molecule has 28 heavy (non-hydrogen) atoms. The molecular formula is C15H17N5O7S. The van der Waals surface area contributed by atoms with Crippen molar-refractivity contribution in [1.29, 1.82) is 5.26 Å². The second-order valence-corrected chi connectivity index (χ2v) is 7.32. The first-order valence-corrected chi connectivity index (χ1v) is 9.58. The van der Waals surface area contributed by atoms with Gasteiger partial charge in [-0.2, -0.15) is 5.26 Å². The van der Waals surface area contributed by atoms with Gasteiger partial charge in [-0.25, -0.2) is 13.4 Å². The highest BCUT2D eigenvalue weighted by atomic mass is 32.2. The van der Waals surface area contributed by atoms with Crippen molar-refractivity contribution in [3.63, 3.8) is 0 Å². The summed E-state index contributed by atoms with van der Waals surface area (Å²) >= 11 is 0. The molecule has 0 saturated carbocycles.